The fraction of sp³-hybridized carbons (Fsp3) is 0.375. The maximum Gasteiger partial charge on any atom is 0.323 e. The van der Waals surface area contributed by atoms with Crippen LogP contribution in [0.4, 0.5) is 0 Å². The van der Waals surface area contributed by atoms with Gasteiger partial charge in [-0.3, -0.25) is 9.59 Å². The van der Waals surface area contributed by atoms with Gasteiger partial charge >= 0.3 is 5.97 Å². The number of nitrogens with zero attached hydrogens (tertiary/aromatic N) is 1. The van der Waals surface area contributed by atoms with E-state index in [9.17, 15) is 9.59 Å². The summed E-state index contributed by atoms with van der Waals surface area (Å²) in [5.41, 5.74) is 0.771. The van der Waals surface area contributed by atoms with Gasteiger partial charge in [-0.1, -0.05) is 25.1 Å². The Bertz CT molecular complexity index is 525. The van der Waals surface area contributed by atoms with E-state index in [1.165, 1.54) is 11.0 Å². The average molecular weight is 291 g/mol. The predicted molar refractivity (Wildman–Crippen MR) is 81.1 cm³/mol. The van der Waals surface area contributed by atoms with Gasteiger partial charge in [-0.15, -0.1) is 0 Å². The van der Waals surface area contributed by atoms with Crippen LogP contribution in [-0.4, -0.2) is 41.6 Å². The number of rotatable bonds is 7. The first-order valence-corrected chi connectivity index (χ1v) is 6.83. The zero-order chi connectivity index (χ0) is 15.8. The maximum atomic E-state index is 12.2. The van der Waals surface area contributed by atoms with E-state index in [0.29, 0.717) is 12.2 Å². The number of methoxy groups -OCH3 is 1. The summed E-state index contributed by atoms with van der Waals surface area (Å²) in [6, 6.07) is 7.18. The highest BCUT2D eigenvalue weighted by Gasteiger charge is 2.19. The van der Waals surface area contributed by atoms with Gasteiger partial charge in [0.2, 0.25) is 5.91 Å². The standard InChI is InChI=1S/C16H21NO4/c1-4-12(2)17(11-16(19)20)15(18)10-9-13-7-5-6-8-14(13)21-3/h5-10,12H,4,11H2,1-3H3,(H,19,20)/b10-9+. The number of hydrogen-bond acceptors (Lipinski definition) is 3. The first-order chi connectivity index (χ1) is 9.99. The lowest BCUT2D eigenvalue weighted by molar-refractivity contribution is -0.144. The van der Waals surface area contributed by atoms with E-state index >= 15 is 0 Å². The smallest absolute Gasteiger partial charge is 0.323 e. The van der Waals surface area contributed by atoms with Crippen molar-refractivity contribution in [1.29, 1.82) is 0 Å². The van der Waals surface area contributed by atoms with E-state index in [4.69, 9.17) is 9.84 Å². The molecule has 5 nitrogen and oxygen atoms in total. The lowest BCUT2D eigenvalue weighted by atomic mass is 10.1. The van der Waals surface area contributed by atoms with Gasteiger partial charge < -0.3 is 14.7 Å². The molecule has 0 aliphatic carbocycles. The molecular weight excluding hydrogens is 270 g/mol. The van der Waals surface area contributed by atoms with Gasteiger partial charge in [0.1, 0.15) is 12.3 Å². The highest BCUT2D eigenvalue weighted by atomic mass is 16.5. The summed E-state index contributed by atoms with van der Waals surface area (Å²) in [6.45, 7) is 3.44. The van der Waals surface area contributed by atoms with Gasteiger partial charge in [-0.05, 0) is 25.5 Å². The molecule has 5 heteroatoms. The molecule has 0 saturated heterocycles. The molecule has 1 aromatic rings. The predicted octanol–water partition coefficient (Wildman–Crippen LogP) is 2.42. The number of para-hydroxylation sites is 1. The summed E-state index contributed by atoms with van der Waals surface area (Å²) >= 11 is 0. The summed E-state index contributed by atoms with van der Waals surface area (Å²) in [5.74, 6) is -0.679. The van der Waals surface area contributed by atoms with Crippen LogP contribution in [0.1, 0.15) is 25.8 Å². The molecule has 1 aromatic carbocycles. The summed E-state index contributed by atoms with van der Waals surface area (Å²) in [5, 5.41) is 8.91. The third-order valence-electron chi connectivity index (χ3n) is 3.26. The largest absolute Gasteiger partial charge is 0.496 e. The maximum absolute atomic E-state index is 12.2. The van der Waals surface area contributed by atoms with Crippen LogP contribution in [-0.2, 0) is 9.59 Å². The van der Waals surface area contributed by atoms with Gasteiger partial charge in [-0.2, -0.15) is 0 Å². The van der Waals surface area contributed by atoms with Crippen LogP contribution in [0.25, 0.3) is 6.08 Å². The van der Waals surface area contributed by atoms with E-state index in [1.54, 1.807) is 19.3 Å². The minimum Gasteiger partial charge on any atom is -0.496 e. The first kappa shape index (κ1) is 16.8. The van der Waals surface area contributed by atoms with Crippen LogP contribution in [0.15, 0.2) is 30.3 Å². The van der Waals surface area contributed by atoms with Crippen LogP contribution in [0.2, 0.25) is 0 Å². The number of carbonyl (C=O) groups excluding carboxylic acids is 1. The second kappa shape index (κ2) is 8.09. The van der Waals surface area contributed by atoms with Crippen molar-refractivity contribution in [3.05, 3.63) is 35.9 Å². The zero-order valence-corrected chi connectivity index (χ0v) is 12.6. The molecule has 1 rings (SSSR count). The number of carboxylic acids is 1. The second-order valence-electron chi connectivity index (χ2n) is 4.69. The van der Waals surface area contributed by atoms with E-state index in [-0.39, 0.29) is 18.5 Å². The van der Waals surface area contributed by atoms with Crippen molar-refractivity contribution in [1.82, 2.24) is 4.90 Å². The molecule has 0 aliphatic heterocycles. The third kappa shape index (κ3) is 4.95. The van der Waals surface area contributed by atoms with Crippen molar-refractivity contribution < 1.29 is 19.4 Å². The zero-order valence-electron chi connectivity index (χ0n) is 12.6. The normalized spacial score (nSPS) is 12.1. The Morgan fingerprint density at radius 3 is 2.62 bits per heavy atom. The van der Waals surface area contributed by atoms with Crippen LogP contribution < -0.4 is 4.74 Å². The molecule has 0 fully saturated rings. The lowest BCUT2D eigenvalue weighted by Gasteiger charge is -2.25. The van der Waals surface area contributed by atoms with E-state index in [2.05, 4.69) is 0 Å². The highest BCUT2D eigenvalue weighted by molar-refractivity contribution is 5.94. The molecule has 0 spiro atoms. The molecule has 1 N–H and O–H groups in total. The molecule has 0 saturated carbocycles. The number of hydrogen-bond donors (Lipinski definition) is 1. The Balaban J connectivity index is 2.89. The molecule has 0 bridgehead atoms. The molecule has 0 heterocycles. The van der Waals surface area contributed by atoms with Crippen molar-refractivity contribution in [2.45, 2.75) is 26.3 Å². The molecule has 1 atom stereocenters. The lowest BCUT2D eigenvalue weighted by Crippen LogP contribution is -2.40. The van der Waals surface area contributed by atoms with Crippen LogP contribution in [0, 0.1) is 0 Å². The molecule has 0 radical (unpaired) electrons. The van der Waals surface area contributed by atoms with E-state index in [0.717, 1.165) is 5.56 Å². The summed E-state index contributed by atoms with van der Waals surface area (Å²) in [6.07, 6.45) is 3.72. The SMILES string of the molecule is CCC(C)N(CC(=O)O)C(=O)/C=C/c1ccccc1OC. The Hall–Kier alpha value is -2.30. The van der Waals surface area contributed by atoms with Crippen molar-refractivity contribution in [2.24, 2.45) is 0 Å². The van der Waals surface area contributed by atoms with Crippen LogP contribution >= 0.6 is 0 Å². The number of carboxylic acid groups (broad SMARTS) is 1. The summed E-state index contributed by atoms with van der Waals surface area (Å²) in [4.78, 5) is 24.4. The topological polar surface area (TPSA) is 66.8 Å². The van der Waals surface area contributed by atoms with E-state index < -0.39 is 5.97 Å². The second-order valence-corrected chi connectivity index (χ2v) is 4.69. The van der Waals surface area contributed by atoms with Crippen molar-refractivity contribution >= 4 is 18.0 Å². The molecule has 114 valence electrons. The molecule has 21 heavy (non-hydrogen) atoms. The van der Waals surface area contributed by atoms with Crippen LogP contribution in [0.3, 0.4) is 0 Å². The summed E-state index contributed by atoms with van der Waals surface area (Å²) < 4.78 is 5.20. The quantitative estimate of drug-likeness (QED) is 0.783. The van der Waals surface area contributed by atoms with Crippen molar-refractivity contribution in [3.8, 4) is 5.75 Å². The molecular formula is C16H21NO4. The molecule has 1 unspecified atom stereocenters. The van der Waals surface area contributed by atoms with Gasteiger partial charge in [0, 0.05) is 17.7 Å². The number of amides is 1. The van der Waals surface area contributed by atoms with E-state index in [1.807, 2.05) is 32.0 Å². The summed E-state index contributed by atoms with van der Waals surface area (Å²) in [7, 11) is 1.56. The van der Waals surface area contributed by atoms with Gasteiger partial charge in [-0.25, -0.2) is 0 Å². The van der Waals surface area contributed by atoms with Crippen LogP contribution in [0.5, 0.6) is 5.75 Å². The number of ether oxygens (including phenoxy) is 1. The fourth-order valence-electron chi connectivity index (χ4n) is 1.88. The fourth-order valence-corrected chi connectivity index (χ4v) is 1.88. The Labute approximate surface area is 124 Å². The number of aliphatic carboxylic acids is 1. The van der Waals surface area contributed by atoms with Gasteiger partial charge in [0.25, 0.3) is 0 Å². The van der Waals surface area contributed by atoms with Crippen molar-refractivity contribution in [3.63, 3.8) is 0 Å². The first-order valence-electron chi connectivity index (χ1n) is 6.83. The minimum absolute atomic E-state index is 0.129. The molecule has 1 amide bonds. The third-order valence-corrected chi connectivity index (χ3v) is 3.26. The number of benzene rings is 1. The molecule has 0 aromatic heterocycles. The average Bonchev–Trinajstić information content (AvgIpc) is 2.49. The van der Waals surface area contributed by atoms with Gasteiger partial charge in [0.15, 0.2) is 0 Å². The van der Waals surface area contributed by atoms with Gasteiger partial charge in [0.05, 0.1) is 7.11 Å². The number of carbonyl (C=O) groups is 2. The highest BCUT2D eigenvalue weighted by Crippen LogP contribution is 2.19. The molecule has 0 aliphatic rings. The Morgan fingerprint density at radius 1 is 1.38 bits per heavy atom. The Kier molecular flexibility index (Phi) is 6.46. The van der Waals surface area contributed by atoms with Crippen molar-refractivity contribution in [2.75, 3.05) is 13.7 Å². The monoisotopic (exact) mass is 291 g/mol. The minimum atomic E-state index is -1.02. The Morgan fingerprint density at radius 2 is 2.05 bits per heavy atom.